The molecule has 1 fully saturated rings. The highest BCUT2D eigenvalue weighted by molar-refractivity contribution is 5.97. The van der Waals surface area contributed by atoms with Crippen molar-refractivity contribution >= 4 is 34.2 Å². The van der Waals surface area contributed by atoms with Crippen molar-refractivity contribution in [2.45, 2.75) is 19.4 Å². The number of carbonyl (C=O) groups is 2. The van der Waals surface area contributed by atoms with Crippen molar-refractivity contribution in [1.29, 1.82) is 0 Å². The van der Waals surface area contributed by atoms with Crippen molar-refractivity contribution < 1.29 is 18.4 Å². The zero-order valence-corrected chi connectivity index (χ0v) is 14.3. The molecule has 1 aliphatic rings. The third kappa shape index (κ3) is 3.38. The average molecular weight is 370 g/mol. The maximum Gasteiger partial charge on any atom is 0.244 e. The summed E-state index contributed by atoms with van der Waals surface area (Å²) in [5, 5.41) is 2.76. The molecule has 4 rings (SSSR count). The lowest BCUT2D eigenvalue weighted by atomic mass is 10.2. The van der Waals surface area contributed by atoms with Gasteiger partial charge in [-0.3, -0.25) is 9.59 Å². The molecule has 0 bridgehead atoms. The van der Waals surface area contributed by atoms with Crippen LogP contribution in [0.25, 0.3) is 11.0 Å². The van der Waals surface area contributed by atoms with E-state index in [2.05, 4.69) is 10.3 Å². The van der Waals surface area contributed by atoms with Crippen LogP contribution in [-0.4, -0.2) is 27.9 Å². The minimum Gasteiger partial charge on any atom is -0.324 e. The molecule has 138 valence electrons. The molecule has 0 unspecified atom stereocenters. The van der Waals surface area contributed by atoms with Crippen molar-refractivity contribution in [1.82, 2.24) is 9.55 Å². The van der Waals surface area contributed by atoms with Crippen LogP contribution in [0.4, 0.5) is 20.2 Å². The molecule has 1 aliphatic heterocycles. The van der Waals surface area contributed by atoms with Crippen LogP contribution in [0, 0.1) is 11.6 Å². The van der Waals surface area contributed by atoms with Crippen LogP contribution >= 0.6 is 0 Å². The Morgan fingerprint density at radius 1 is 1.19 bits per heavy atom. The van der Waals surface area contributed by atoms with Crippen LogP contribution < -0.4 is 10.2 Å². The lowest BCUT2D eigenvalue weighted by molar-refractivity contribution is -0.117. The van der Waals surface area contributed by atoms with Gasteiger partial charge in [-0.05, 0) is 24.6 Å². The van der Waals surface area contributed by atoms with E-state index >= 15 is 0 Å². The lowest BCUT2D eigenvalue weighted by Crippen LogP contribution is -2.24. The fourth-order valence-corrected chi connectivity index (χ4v) is 3.21. The van der Waals surface area contributed by atoms with Crippen molar-refractivity contribution in [3.8, 4) is 0 Å². The Labute approximate surface area is 153 Å². The molecule has 0 spiro atoms. The van der Waals surface area contributed by atoms with Gasteiger partial charge in [0.15, 0.2) is 11.6 Å². The zero-order valence-electron chi connectivity index (χ0n) is 14.3. The van der Waals surface area contributed by atoms with Crippen molar-refractivity contribution in [3.05, 3.63) is 54.4 Å². The summed E-state index contributed by atoms with van der Waals surface area (Å²) < 4.78 is 28.2. The molecule has 2 heterocycles. The van der Waals surface area contributed by atoms with E-state index in [1.165, 1.54) is 10.9 Å². The van der Waals surface area contributed by atoms with Gasteiger partial charge in [0.05, 0.1) is 17.4 Å². The molecule has 3 aromatic rings. The number of hydrogen-bond acceptors (Lipinski definition) is 3. The van der Waals surface area contributed by atoms with Gasteiger partial charge in [0.2, 0.25) is 11.8 Å². The van der Waals surface area contributed by atoms with E-state index in [0.29, 0.717) is 24.2 Å². The maximum atomic E-state index is 13.5. The first-order valence-corrected chi connectivity index (χ1v) is 8.51. The number of rotatable bonds is 4. The Kier molecular flexibility index (Phi) is 4.31. The second-order valence-corrected chi connectivity index (χ2v) is 6.37. The van der Waals surface area contributed by atoms with Gasteiger partial charge in [0.25, 0.3) is 0 Å². The Bertz CT molecular complexity index is 1050. The third-order valence-electron chi connectivity index (χ3n) is 4.49. The Hall–Kier alpha value is -3.29. The van der Waals surface area contributed by atoms with Crippen LogP contribution in [0.1, 0.15) is 12.8 Å². The van der Waals surface area contributed by atoms with Crippen LogP contribution in [-0.2, 0) is 16.1 Å². The Morgan fingerprint density at radius 3 is 2.78 bits per heavy atom. The van der Waals surface area contributed by atoms with Gasteiger partial charge in [0.1, 0.15) is 6.54 Å². The number of nitrogens with zero attached hydrogens (tertiary/aromatic N) is 3. The van der Waals surface area contributed by atoms with Crippen LogP contribution in [0.2, 0.25) is 0 Å². The van der Waals surface area contributed by atoms with Gasteiger partial charge < -0.3 is 14.8 Å². The van der Waals surface area contributed by atoms with Crippen LogP contribution in [0.15, 0.2) is 42.7 Å². The summed E-state index contributed by atoms with van der Waals surface area (Å²) in [6.45, 7) is 0.563. The normalized spacial score (nSPS) is 14.1. The van der Waals surface area contributed by atoms with E-state index in [1.54, 1.807) is 23.1 Å². The van der Waals surface area contributed by atoms with Crippen LogP contribution in [0.3, 0.4) is 0 Å². The summed E-state index contributed by atoms with van der Waals surface area (Å²) in [6, 6.07) is 9.06. The lowest BCUT2D eigenvalue weighted by Gasteiger charge is -2.16. The second kappa shape index (κ2) is 6.79. The molecule has 8 heteroatoms. The number of anilines is 2. The molecule has 2 amide bonds. The first-order chi connectivity index (χ1) is 13.0. The quantitative estimate of drug-likeness (QED) is 0.768. The van der Waals surface area contributed by atoms with Crippen molar-refractivity contribution in [3.63, 3.8) is 0 Å². The molecule has 27 heavy (non-hydrogen) atoms. The zero-order chi connectivity index (χ0) is 19.0. The molecule has 6 nitrogen and oxygen atoms in total. The van der Waals surface area contributed by atoms with Crippen LogP contribution in [0.5, 0.6) is 0 Å². The summed E-state index contributed by atoms with van der Waals surface area (Å²) in [4.78, 5) is 29.9. The van der Waals surface area contributed by atoms with Crippen molar-refractivity contribution in [2.75, 3.05) is 16.8 Å². The number of benzene rings is 2. The van der Waals surface area contributed by atoms with Crippen molar-refractivity contribution in [2.24, 2.45) is 0 Å². The minimum atomic E-state index is -0.993. The standard InChI is InChI=1S/C19H16F2N4O2/c20-14-8-16-17(9-15(14)21)24(11-22-16)10-18(26)23-12-3-1-4-13(7-12)25-6-2-5-19(25)27/h1,3-4,7-9,11H,2,5-6,10H2,(H,23,26). The molecule has 1 aromatic heterocycles. The Morgan fingerprint density at radius 2 is 2.00 bits per heavy atom. The highest BCUT2D eigenvalue weighted by Gasteiger charge is 2.21. The largest absolute Gasteiger partial charge is 0.324 e. The number of carbonyl (C=O) groups excluding carboxylic acids is 2. The minimum absolute atomic E-state index is 0.0672. The molecule has 0 radical (unpaired) electrons. The average Bonchev–Trinajstić information content (AvgIpc) is 3.22. The number of aromatic nitrogens is 2. The number of amides is 2. The highest BCUT2D eigenvalue weighted by atomic mass is 19.2. The predicted octanol–water partition coefficient (Wildman–Crippen LogP) is 3.08. The van der Waals surface area contributed by atoms with E-state index in [9.17, 15) is 18.4 Å². The molecular weight excluding hydrogens is 354 g/mol. The molecule has 0 saturated carbocycles. The predicted molar refractivity (Wildman–Crippen MR) is 96.3 cm³/mol. The van der Waals surface area contributed by atoms with E-state index < -0.39 is 11.6 Å². The van der Waals surface area contributed by atoms with Gasteiger partial charge >= 0.3 is 0 Å². The summed E-state index contributed by atoms with van der Waals surface area (Å²) >= 11 is 0. The molecule has 0 aliphatic carbocycles. The molecule has 1 saturated heterocycles. The maximum absolute atomic E-state index is 13.5. The summed E-state index contributed by atoms with van der Waals surface area (Å²) in [5.41, 5.74) is 1.90. The van der Waals surface area contributed by atoms with E-state index in [-0.39, 0.29) is 23.9 Å². The second-order valence-electron chi connectivity index (χ2n) is 6.37. The number of halogens is 2. The molecule has 0 atom stereocenters. The number of hydrogen-bond donors (Lipinski definition) is 1. The van der Waals surface area contributed by atoms with Gasteiger partial charge in [-0.25, -0.2) is 13.8 Å². The van der Waals surface area contributed by atoms with Gasteiger partial charge in [-0.1, -0.05) is 6.07 Å². The van der Waals surface area contributed by atoms with E-state index in [1.807, 2.05) is 6.07 Å². The summed E-state index contributed by atoms with van der Waals surface area (Å²) in [5.74, 6) is -2.25. The monoisotopic (exact) mass is 370 g/mol. The van der Waals surface area contributed by atoms with Gasteiger partial charge in [-0.15, -0.1) is 0 Å². The van der Waals surface area contributed by atoms with E-state index in [0.717, 1.165) is 24.2 Å². The SMILES string of the molecule is O=C(Cn1cnc2cc(F)c(F)cc21)Nc1cccc(N2CCCC2=O)c1. The fraction of sp³-hybridized carbons (Fsp3) is 0.211. The molecule has 2 aromatic carbocycles. The number of fused-ring (bicyclic) bond motifs is 1. The van der Waals surface area contributed by atoms with Gasteiger partial charge in [0, 0.05) is 36.5 Å². The van der Waals surface area contributed by atoms with E-state index in [4.69, 9.17) is 0 Å². The highest BCUT2D eigenvalue weighted by Crippen LogP contribution is 2.24. The molecule has 1 N–H and O–H groups in total. The number of imidazole rings is 1. The topological polar surface area (TPSA) is 67.2 Å². The third-order valence-corrected chi connectivity index (χ3v) is 4.49. The first-order valence-electron chi connectivity index (χ1n) is 8.51. The summed E-state index contributed by atoms with van der Waals surface area (Å²) in [6.07, 6.45) is 2.71. The number of nitrogens with one attached hydrogen (secondary N) is 1. The first kappa shape index (κ1) is 17.1. The summed E-state index contributed by atoms with van der Waals surface area (Å²) in [7, 11) is 0. The fourth-order valence-electron chi connectivity index (χ4n) is 3.21. The van der Waals surface area contributed by atoms with Gasteiger partial charge in [-0.2, -0.15) is 0 Å². The Balaban J connectivity index is 1.50. The molecular formula is C19H16F2N4O2. The smallest absolute Gasteiger partial charge is 0.244 e.